The molecule has 0 saturated heterocycles. The fourth-order valence-electron chi connectivity index (χ4n) is 1.39. The zero-order valence-corrected chi connectivity index (χ0v) is 9.25. The van der Waals surface area contributed by atoms with E-state index in [1.807, 2.05) is 0 Å². The normalized spacial score (nSPS) is 13.5. The van der Waals surface area contributed by atoms with Gasteiger partial charge < -0.3 is 10.2 Å². The molecule has 0 unspecified atom stereocenters. The molecule has 5 heteroatoms. The first kappa shape index (κ1) is 12.6. The number of benzene rings is 1. The highest BCUT2D eigenvalue weighted by atomic mass is 16.6. The molecule has 0 saturated carbocycles. The minimum absolute atomic E-state index is 0.128. The van der Waals surface area contributed by atoms with Crippen molar-refractivity contribution in [1.29, 1.82) is 0 Å². The van der Waals surface area contributed by atoms with E-state index in [-0.39, 0.29) is 17.9 Å². The monoisotopic (exact) mass is 225 g/mol. The SMILES string of the molecule is CC(C)(CO)[C@@H](O)c1ccccc1[N+](=O)[O-]. The summed E-state index contributed by atoms with van der Waals surface area (Å²) in [5.74, 6) is 0. The third kappa shape index (κ3) is 2.37. The van der Waals surface area contributed by atoms with Crippen LogP contribution in [0.25, 0.3) is 0 Å². The lowest BCUT2D eigenvalue weighted by atomic mass is 9.83. The van der Waals surface area contributed by atoms with Crippen LogP contribution in [0.3, 0.4) is 0 Å². The van der Waals surface area contributed by atoms with E-state index in [1.165, 1.54) is 12.1 Å². The Balaban J connectivity index is 3.18. The Kier molecular flexibility index (Phi) is 3.62. The molecule has 0 radical (unpaired) electrons. The Morgan fingerprint density at radius 3 is 2.50 bits per heavy atom. The zero-order valence-electron chi connectivity index (χ0n) is 9.25. The van der Waals surface area contributed by atoms with Crippen LogP contribution in [0.1, 0.15) is 25.5 Å². The van der Waals surface area contributed by atoms with Crippen molar-refractivity contribution < 1.29 is 15.1 Å². The van der Waals surface area contributed by atoms with Gasteiger partial charge in [0.2, 0.25) is 0 Å². The third-order valence-electron chi connectivity index (χ3n) is 2.58. The van der Waals surface area contributed by atoms with Gasteiger partial charge in [0, 0.05) is 11.5 Å². The molecular weight excluding hydrogens is 210 g/mol. The summed E-state index contributed by atoms with van der Waals surface area (Å²) in [4.78, 5) is 10.2. The van der Waals surface area contributed by atoms with Gasteiger partial charge in [-0.2, -0.15) is 0 Å². The molecule has 88 valence electrons. The van der Waals surface area contributed by atoms with Crippen LogP contribution in [0.5, 0.6) is 0 Å². The molecule has 16 heavy (non-hydrogen) atoms. The summed E-state index contributed by atoms with van der Waals surface area (Å²) < 4.78 is 0. The van der Waals surface area contributed by atoms with Crippen LogP contribution < -0.4 is 0 Å². The predicted molar refractivity (Wildman–Crippen MR) is 58.9 cm³/mol. The van der Waals surface area contributed by atoms with Crippen molar-refractivity contribution >= 4 is 5.69 Å². The van der Waals surface area contributed by atoms with Gasteiger partial charge in [-0.3, -0.25) is 10.1 Å². The van der Waals surface area contributed by atoms with Gasteiger partial charge in [-0.1, -0.05) is 26.0 Å². The van der Waals surface area contributed by atoms with Crippen molar-refractivity contribution in [3.8, 4) is 0 Å². The highest BCUT2D eigenvalue weighted by molar-refractivity contribution is 5.42. The van der Waals surface area contributed by atoms with E-state index in [0.717, 1.165) is 0 Å². The Labute approximate surface area is 93.5 Å². The maximum absolute atomic E-state index is 10.8. The van der Waals surface area contributed by atoms with Crippen LogP contribution in [0.4, 0.5) is 5.69 Å². The highest BCUT2D eigenvalue weighted by Crippen LogP contribution is 2.36. The molecule has 0 spiro atoms. The molecule has 0 bridgehead atoms. The Hall–Kier alpha value is -1.46. The summed E-state index contributed by atoms with van der Waals surface area (Å²) in [6.07, 6.45) is -1.07. The standard InChI is InChI=1S/C11H15NO4/c1-11(2,7-13)10(14)8-5-3-4-6-9(8)12(15)16/h3-6,10,13-14H,7H2,1-2H3/t10-/m0/s1. The molecule has 1 rings (SSSR count). The van der Waals surface area contributed by atoms with Gasteiger partial charge in [0.15, 0.2) is 0 Å². The van der Waals surface area contributed by atoms with Crippen molar-refractivity contribution in [3.05, 3.63) is 39.9 Å². The van der Waals surface area contributed by atoms with Gasteiger partial charge in [0.25, 0.3) is 5.69 Å². The largest absolute Gasteiger partial charge is 0.396 e. The zero-order chi connectivity index (χ0) is 12.3. The Bertz CT molecular complexity index is 389. The van der Waals surface area contributed by atoms with Gasteiger partial charge >= 0.3 is 0 Å². The first-order valence-electron chi connectivity index (χ1n) is 4.92. The minimum atomic E-state index is -1.07. The van der Waals surface area contributed by atoms with E-state index in [1.54, 1.807) is 26.0 Å². The molecule has 0 amide bonds. The van der Waals surface area contributed by atoms with Crippen molar-refractivity contribution in [2.24, 2.45) is 5.41 Å². The summed E-state index contributed by atoms with van der Waals surface area (Å²) in [5, 5.41) is 29.9. The number of hydrogen-bond acceptors (Lipinski definition) is 4. The van der Waals surface area contributed by atoms with Gasteiger partial charge in [-0.15, -0.1) is 0 Å². The summed E-state index contributed by atoms with van der Waals surface area (Å²) in [6, 6.07) is 6.01. The fourth-order valence-corrected chi connectivity index (χ4v) is 1.39. The van der Waals surface area contributed by atoms with Crippen molar-refractivity contribution in [2.75, 3.05) is 6.61 Å². The maximum atomic E-state index is 10.8. The maximum Gasteiger partial charge on any atom is 0.275 e. The van der Waals surface area contributed by atoms with Crippen LogP contribution in [0, 0.1) is 15.5 Å². The molecule has 5 nitrogen and oxygen atoms in total. The van der Waals surface area contributed by atoms with E-state index in [4.69, 9.17) is 5.11 Å². The van der Waals surface area contributed by atoms with Crippen LogP contribution in [-0.2, 0) is 0 Å². The summed E-state index contributed by atoms with van der Waals surface area (Å²) >= 11 is 0. The first-order valence-corrected chi connectivity index (χ1v) is 4.92. The van der Waals surface area contributed by atoms with Gasteiger partial charge in [0.1, 0.15) is 0 Å². The smallest absolute Gasteiger partial charge is 0.275 e. The number of aliphatic hydroxyl groups excluding tert-OH is 2. The average molecular weight is 225 g/mol. The Morgan fingerprint density at radius 2 is 2.00 bits per heavy atom. The van der Waals surface area contributed by atoms with E-state index < -0.39 is 16.4 Å². The van der Waals surface area contributed by atoms with E-state index in [9.17, 15) is 15.2 Å². The molecule has 0 aliphatic heterocycles. The molecule has 0 heterocycles. The number of para-hydroxylation sites is 1. The van der Waals surface area contributed by atoms with E-state index >= 15 is 0 Å². The van der Waals surface area contributed by atoms with Crippen LogP contribution in [0.2, 0.25) is 0 Å². The minimum Gasteiger partial charge on any atom is -0.396 e. The number of aliphatic hydroxyl groups is 2. The number of nitrogens with zero attached hydrogens (tertiary/aromatic N) is 1. The number of rotatable bonds is 4. The average Bonchev–Trinajstić information content (AvgIpc) is 2.28. The number of nitro groups is 1. The summed E-state index contributed by atoms with van der Waals surface area (Å²) in [7, 11) is 0. The molecule has 1 aromatic carbocycles. The van der Waals surface area contributed by atoms with Crippen molar-refractivity contribution in [2.45, 2.75) is 20.0 Å². The van der Waals surface area contributed by atoms with Crippen molar-refractivity contribution in [3.63, 3.8) is 0 Å². The fraction of sp³-hybridized carbons (Fsp3) is 0.455. The molecule has 0 aliphatic rings. The molecule has 0 fully saturated rings. The molecule has 0 aliphatic carbocycles. The number of nitro benzene ring substituents is 1. The van der Waals surface area contributed by atoms with E-state index in [2.05, 4.69) is 0 Å². The molecule has 1 atom stereocenters. The molecule has 1 aromatic rings. The summed E-state index contributed by atoms with van der Waals surface area (Å²) in [6.45, 7) is 3.04. The molecular formula is C11H15NO4. The lowest BCUT2D eigenvalue weighted by molar-refractivity contribution is -0.386. The van der Waals surface area contributed by atoms with Gasteiger partial charge in [0.05, 0.1) is 23.2 Å². The second-order valence-corrected chi connectivity index (χ2v) is 4.37. The van der Waals surface area contributed by atoms with Crippen LogP contribution in [0.15, 0.2) is 24.3 Å². The van der Waals surface area contributed by atoms with Crippen LogP contribution in [-0.4, -0.2) is 21.7 Å². The van der Waals surface area contributed by atoms with Gasteiger partial charge in [-0.25, -0.2) is 0 Å². The van der Waals surface area contributed by atoms with Crippen molar-refractivity contribution in [1.82, 2.24) is 0 Å². The molecule has 2 N–H and O–H groups in total. The quantitative estimate of drug-likeness (QED) is 0.602. The Morgan fingerprint density at radius 1 is 1.44 bits per heavy atom. The highest BCUT2D eigenvalue weighted by Gasteiger charge is 2.32. The van der Waals surface area contributed by atoms with E-state index in [0.29, 0.717) is 0 Å². The molecule has 0 aromatic heterocycles. The second kappa shape index (κ2) is 4.59. The van der Waals surface area contributed by atoms with Crippen LogP contribution >= 0.6 is 0 Å². The second-order valence-electron chi connectivity index (χ2n) is 4.37. The lowest BCUT2D eigenvalue weighted by Gasteiger charge is -2.28. The topological polar surface area (TPSA) is 83.6 Å². The first-order chi connectivity index (χ1) is 7.40. The summed E-state index contributed by atoms with van der Waals surface area (Å²) in [5.41, 5.74) is -0.713. The van der Waals surface area contributed by atoms with Gasteiger partial charge in [-0.05, 0) is 6.07 Å². The predicted octanol–water partition coefficient (Wildman–Crippen LogP) is 1.65. The third-order valence-corrected chi connectivity index (χ3v) is 2.58. The number of hydrogen-bond donors (Lipinski definition) is 2. The lowest BCUT2D eigenvalue weighted by Crippen LogP contribution is -2.26.